The van der Waals surface area contributed by atoms with Crippen molar-refractivity contribution in [3.63, 3.8) is 0 Å². The molecule has 0 aliphatic carbocycles. The summed E-state index contributed by atoms with van der Waals surface area (Å²) in [6.07, 6.45) is 4.13. The highest BCUT2D eigenvalue weighted by molar-refractivity contribution is 5.41. The molecule has 0 N–H and O–H groups in total. The molecule has 1 saturated heterocycles. The van der Waals surface area contributed by atoms with Gasteiger partial charge in [0.05, 0.1) is 19.9 Å². The van der Waals surface area contributed by atoms with Gasteiger partial charge in [0, 0.05) is 12.5 Å². The zero-order valence-corrected chi connectivity index (χ0v) is 9.80. The highest BCUT2D eigenvalue weighted by atomic mass is 16.5. The number of hydrogen-bond acceptors (Lipinski definition) is 4. The fourth-order valence-electron chi connectivity index (χ4n) is 2.23. The quantitative estimate of drug-likeness (QED) is 0.791. The Morgan fingerprint density at radius 1 is 1.41 bits per heavy atom. The maximum Gasteiger partial charge on any atom is 0.161 e. The molecule has 5 nitrogen and oxygen atoms in total. The number of ether oxygens (including phenoxy) is 2. The predicted molar refractivity (Wildman–Crippen MR) is 62.3 cm³/mol. The lowest BCUT2D eigenvalue weighted by molar-refractivity contribution is 0.0777. The van der Waals surface area contributed by atoms with Gasteiger partial charge in [-0.2, -0.15) is 0 Å². The molecular formula is C12H15N3O2. The average Bonchev–Trinajstić information content (AvgIpc) is 2.82. The second-order valence-electron chi connectivity index (χ2n) is 4.27. The summed E-state index contributed by atoms with van der Waals surface area (Å²) >= 11 is 0. The van der Waals surface area contributed by atoms with Gasteiger partial charge in [-0.15, -0.1) is 10.2 Å². The molecule has 0 spiro atoms. The SMILES string of the molecule is COc1ccc2nnc(C3CCCOC3)n2c1. The Labute approximate surface area is 99.4 Å². The second-order valence-corrected chi connectivity index (χ2v) is 4.27. The summed E-state index contributed by atoms with van der Waals surface area (Å²) in [6, 6.07) is 3.81. The number of pyridine rings is 1. The molecule has 0 radical (unpaired) electrons. The first kappa shape index (κ1) is 10.5. The van der Waals surface area contributed by atoms with E-state index in [9.17, 15) is 0 Å². The van der Waals surface area contributed by atoms with E-state index in [4.69, 9.17) is 9.47 Å². The highest BCUT2D eigenvalue weighted by Gasteiger charge is 2.21. The number of rotatable bonds is 2. The lowest BCUT2D eigenvalue weighted by atomic mass is 10.0. The zero-order chi connectivity index (χ0) is 11.7. The van der Waals surface area contributed by atoms with Crippen LogP contribution in [0.5, 0.6) is 5.75 Å². The standard InChI is InChI=1S/C12H15N3O2/c1-16-10-4-5-11-13-14-12(15(11)7-10)9-3-2-6-17-8-9/h4-5,7,9H,2-3,6,8H2,1H3. The van der Waals surface area contributed by atoms with Crippen LogP contribution in [0.25, 0.3) is 5.65 Å². The number of methoxy groups -OCH3 is 1. The molecule has 3 heterocycles. The molecule has 1 unspecified atom stereocenters. The molecule has 3 rings (SSSR count). The van der Waals surface area contributed by atoms with Crippen molar-refractivity contribution in [2.24, 2.45) is 0 Å². The van der Waals surface area contributed by atoms with E-state index in [0.29, 0.717) is 5.92 Å². The van der Waals surface area contributed by atoms with Crippen LogP contribution in [0.1, 0.15) is 24.6 Å². The molecule has 1 aliphatic heterocycles. The second kappa shape index (κ2) is 4.33. The van der Waals surface area contributed by atoms with E-state index in [1.807, 2.05) is 22.7 Å². The van der Waals surface area contributed by atoms with Crippen LogP contribution in [-0.4, -0.2) is 34.9 Å². The number of fused-ring (bicyclic) bond motifs is 1. The molecule has 0 saturated carbocycles. The third kappa shape index (κ3) is 1.86. The molecule has 0 amide bonds. The van der Waals surface area contributed by atoms with E-state index in [1.54, 1.807) is 7.11 Å². The molecular weight excluding hydrogens is 218 g/mol. The molecule has 1 aliphatic rings. The van der Waals surface area contributed by atoms with Crippen molar-refractivity contribution in [3.05, 3.63) is 24.2 Å². The lowest BCUT2D eigenvalue weighted by Gasteiger charge is -2.20. The minimum Gasteiger partial charge on any atom is -0.495 e. The Balaban J connectivity index is 2.02. The topological polar surface area (TPSA) is 48.7 Å². The molecule has 5 heteroatoms. The van der Waals surface area contributed by atoms with Crippen molar-refractivity contribution in [1.82, 2.24) is 14.6 Å². The van der Waals surface area contributed by atoms with Gasteiger partial charge in [0.1, 0.15) is 11.6 Å². The molecule has 2 aromatic rings. The molecule has 90 valence electrons. The number of aromatic nitrogens is 3. The highest BCUT2D eigenvalue weighted by Crippen LogP contribution is 2.25. The molecule has 17 heavy (non-hydrogen) atoms. The minimum atomic E-state index is 0.339. The normalized spacial score (nSPS) is 20.6. The third-order valence-corrected chi connectivity index (χ3v) is 3.16. The van der Waals surface area contributed by atoms with Gasteiger partial charge in [-0.05, 0) is 25.0 Å². The minimum absolute atomic E-state index is 0.339. The van der Waals surface area contributed by atoms with Crippen molar-refractivity contribution >= 4 is 5.65 Å². The van der Waals surface area contributed by atoms with E-state index in [1.165, 1.54) is 0 Å². The van der Waals surface area contributed by atoms with Gasteiger partial charge in [0.25, 0.3) is 0 Å². The monoisotopic (exact) mass is 233 g/mol. The summed E-state index contributed by atoms with van der Waals surface area (Å²) in [7, 11) is 1.66. The summed E-state index contributed by atoms with van der Waals surface area (Å²) in [4.78, 5) is 0. The van der Waals surface area contributed by atoms with Crippen LogP contribution >= 0.6 is 0 Å². The summed E-state index contributed by atoms with van der Waals surface area (Å²) in [5.41, 5.74) is 0.853. The van der Waals surface area contributed by atoms with Crippen molar-refractivity contribution in [3.8, 4) is 5.75 Å². The van der Waals surface area contributed by atoms with Gasteiger partial charge in [-0.3, -0.25) is 4.40 Å². The van der Waals surface area contributed by atoms with Crippen molar-refractivity contribution in [2.75, 3.05) is 20.3 Å². The Hall–Kier alpha value is -1.62. The van der Waals surface area contributed by atoms with Crippen molar-refractivity contribution in [1.29, 1.82) is 0 Å². The van der Waals surface area contributed by atoms with E-state index in [0.717, 1.165) is 43.3 Å². The number of nitrogens with zero attached hydrogens (tertiary/aromatic N) is 3. The van der Waals surface area contributed by atoms with Crippen LogP contribution in [0, 0.1) is 0 Å². The lowest BCUT2D eigenvalue weighted by Crippen LogP contribution is -2.17. The van der Waals surface area contributed by atoms with Gasteiger partial charge >= 0.3 is 0 Å². The summed E-state index contributed by atoms with van der Waals surface area (Å²) < 4.78 is 12.7. The van der Waals surface area contributed by atoms with E-state index < -0.39 is 0 Å². The van der Waals surface area contributed by atoms with E-state index >= 15 is 0 Å². The fourth-order valence-corrected chi connectivity index (χ4v) is 2.23. The van der Waals surface area contributed by atoms with Gasteiger partial charge in [0.15, 0.2) is 5.65 Å². The molecule has 0 aromatic carbocycles. The predicted octanol–water partition coefficient (Wildman–Crippen LogP) is 1.63. The van der Waals surface area contributed by atoms with Crippen LogP contribution < -0.4 is 4.74 Å². The zero-order valence-electron chi connectivity index (χ0n) is 9.80. The van der Waals surface area contributed by atoms with Crippen LogP contribution in [0.4, 0.5) is 0 Å². The molecule has 0 bridgehead atoms. The smallest absolute Gasteiger partial charge is 0.161 e. The summed E-state index contributed by atoms with van der Waals surface area (Å²) in [6.45, 7) is 1.59. The molecule has 1 fully saturated rings. The Morgan fingerprint density at radius 3 is 3.12 bits per heavy atom. The first-order valence-electron chi connectivity index (χ1n) is 5.85. The summed E-state index contributed by atoms with van der Waals surface area (Å²) in [5, 5.41) is 8.44. The summed E-state index contributed by atoms with van der Waals surface area (Å²) in [5.74, 6) is 2.12. The third-order valence-electron chi connectivity index (χ3n) is 3.16. The number of hydrogen-bond donors (Lipinski definition) is 0. The van der Waals surface area contributed by atoms with Crippen molar-refractivity contribution in [2.45, 2.75) is 18.8 Å². The average molecular weight is 233 g/mol. The van der Waals surface area contributed by atoms with E-state index in [-0.39, 0.29) is 0 Å². The van der Waals surface area contributed by atoms with Crippen LogP contribution in [0.2, 0.25) is 0 Å². The van der Waals surface area contributed by atoms with Gasteiger partial charge in [0.2, 0.25) is 0 Å². The Bertz CT molecular complexity index is 517. The Kier molecular flexibility index (Phi) is 2.68. The molecule has 2 aromatic heterocycles. The van der Waals surface area contributed by atoms with Crippen molar-refractivity contribution < 1.29 is 9.47 Å². The van der Waals surface area contributed by atoms with Gasteiger partial charge in [-0.1, -0.05) is 0 Å². The maximum atomic E-state index is 5.50. The maximum absolute atomic E-state index is 5.50. The molecule has 1 atom stereocenters. The van der Waals surface area contributed by atoms with Crippen LogP contribution in [-0.2, 0) is 4.74 Å². The van der Waals surface area contributed by atoms with Crippen LogP contribution in [0.15, 0.2) is 18.3 Å². The van der Waals surface area contributed by atoms with Gasteiger partial charge < -0.3 is 9.47 Å². The largest absolute Gasteiger partial charge is 0.495 e. The Morgan fingerprint density at radius 2 is 2.35 bits per heavy atom. The van der Waals surface area contributed by atoms with Gasteiger partial charge in [-0.25, -0.2) is 0 Å². The first-order valence-corrected chi connectivity index (χ1v) is 5.85. The fraction of sp³-hybridized carbons (Fsp3) is 0.500. The first-order chi connectivity index (χ1) is 8.38. The van der Waals surface area contributed by atoms with Crippen LogP contribution in [0.3, 0.4) is 0 Å². The van der Waals surface area contributed by atoms with E-state index in [2.05, 4.69) is 10.2 Å².